The van der Waals surface area contributed by atoms with E-state index in [1.54, 1.807) is 7.11 Å². The van der Waals surface area contributed by atoms with Crippen molar-refractivity contribution in [3.63, 3.8) is 0 Å². The molecule has 1 N–H and O–H groups in total. The Kier molecular flexibility index (Phi) is 4.96. The van der Waals surface area contributed by atoms with Crippen molar-refractivity contribution in [2.45, 2.75) is 25.7 Å². The highest BCUT2D eigenvalue weighted by atomic mass is 32.1. The van der Waals surface area contributed by atoms with E-state index in [1.165, 1.54) is 11.3 Å². The molecule has 1 aromatic carbocycles. The predicted octanol–water partition coefficient (Wildman–Crippen LogP) is 3.40. The fourth-order valence-corrected chi connectivity index (χ4v) is 2.53. The summed E-state index contributed by atoms with van der Waals surface area (Å²) in [5.41, 5.74) is 1.06. The van der Waals surface area contributed by atoms with Crippen LogP contribution in [0.3, 0.4) is 0 Å². The van der Waals surface area contributed by atoms with Gasteiger partial charge in [-0.3, -0.25) is 0 Å². The van der Waals surface area contributed by atoms with Crippen LogP contribution >= 0.6 is 11.3 Å². The molecule has 2 rings (SSSR count). The molecule has 0 fully saturated rings. The average molecular weight is 278 g/mol. The molecule has 4 heteroatoms. The van der Waals surface area contributed by atoms with Gasteiger partial charge in [0.05, 0.1) is 19.8 Å². The van der Waals surface area contributed by atoms with Gasteiger partial charge in [-0.25, -0.2) is 0 Å². The summed E-state index contributed by atoms with van der Waals surface area (Å²) in [7, 11) is 1.64. The zero-order valence-electron chi connectivity index (χ0n) is 11.1. The third kappa shape index (κ3) is 3.80. The lowest BCUT2D eigenvalue weighted by molar-refractivity contribution is -0.0349. The first-order chi connectivity index (χ1) is 9.20. The summed E-state index contributed by atoms with van der Waals surface area (Å²) in [5, 5.41) is 12.1. The molecule has 2 atom stereocenters. The van der Waals surface area contributed by atoms with Crippen molar-refractivity contribution < 1.29 is 14.6 Å². The number of aliphatic hydroxyl groups excluding tert-OH is 1. The minimum atomic E-state index is -0.571. The van der Waals surface area contributed by atoms with Gasteiger partial charge in [-0.15, -0.1) is 11.3 Å². The lowest BCUT2D eigenvalue weighted by Crippen LogP contribution is -2.17. The minimum absolute atomic E-state index is 0.235. The summed E-state index contributed by atoms with van der Waals surface area (Å²) in [6, 6.07) is 11.6. The first kappa shape index (κ1) is 14.1. The van der Waals surface area contributed by atoms with Gasteiger partial charge in [-0.1, -0.05) is 18.2 Å². The van der Waals surface area contributed by atoms with Crippen LogP contribution in [0.1, 0.15) is 23.5 Å². The second-order valence-electron chi connectivity index (χ2n) is 4.32. The topological polar surface area (TPSA) is 38.7 Å². The molecule has 0 amide bonds. The van der Waals surface area contributed by atoms with E-state index in [0.29, 0.717) is 6.61 Å². The summed E-state index contributed by atoms with van der Waals surface area (Å²) in [5.74, 6) is 0.829. The van der Waals surface area contributed by atoms with E-state index in [9.17, 15) is 5.11 Å². The normalized spacial score (nSPS) is 14.1. The predicted molar refractivity (Wildman–Crippen MR) is 76.5 cm³/mol. The average Bonchev–Trinajstić information content (AvgIpc) is 2.98. The van der Waals surface area contributed by atoms with Gasteiger partial charge in [-0.05, 0) is 36.1 Å². The largest absolute Gasteiger partial charge is 0.497 e. The third-order valence-corrected chi connectivity index (χ3v) is 3.89. The highest BCUT2D eigenvalue weighted by molar-refractivity contribution is 7.10. The molecule has 0 unspecified atom stereocenters. The molecule has 0 aliphatic carbocycles. The second kappa shape index (κ2) is 6.70. The number of hydrogen-bond donors (Lipinski definition) is 1. The number of rotatable bonds is 6. The molecule has 19 heavy (non-hydrogen) atoms. The van der Waals surface area contributed by atoms with Crippen molar-refractivity contribution in [3.8, 4) is 5.75 Å². The molecule has 1 heterocycles. The van der Waals surface area contributed by atoms with Gasteiger partial charge in [0.1, 0.15) is 11.9 Å². The molecule has 0 aliphatic rings. The van der Waals surface area contributed by atoms with E-state index in [0.717, 1.165) is 16.2 Å². The highest BCUT2D eigenvalue weighted by Crippen LogP contribution is 2.24. The van der Waals surface area contributed by atoms with E-state index in [1.807, 2.05) is 48.7 Å². The lowest BCUT2D eigenvalue weighted by Gasteiger charge is -2.18. The van der Waals surface area contributed by atoms with E-state index in [2.05, 4.69) is 0 Å². The maximum absolute atomic E-state index is 10.1. The quantitative estimate of drug-likeness (QED) is 0.880. The van der Waals surface area contributed by atoms with Gasteiger partial charge in [-0.2, -0.15) is 0 Å². The van der Waals surface area contributed by atoms with Crippen molar-refractivity contribution in [1.82, 2.24) is 0 Å². The van der Waals surface area contributed by atoms with Crippen LogP contribution in [0.15, 0.2) is 41.8 Å². The number of methoxy groups -OCH3 is 1. The summed E-state index contributed by atoms with van der Waals surface area (Å²) in [6.45, 7) is 2.36. The molecule has 2 aromatic rings. The molecule has 0 saturated heterocycles. The van der Waals surface area contributed by atoms with Gasteiger partial charge in [0.2, 0.25) is 0 Å². The van der Waals surface area contributed by atoms with Crippen LogP contribution in [-0.4, -0.2) is 18.3 Å². The first-order valence-electron chi connectivity index (χ1n) is 6.16. The Morgan fingerprint density at radius 3 is 2.53 bits per heavy atom. The van der Waals surface area contributed by atoms with Gasteiger partial charge < -0.3 is 14.6 Å². The fourth-order valence-electron chi connectivity index (χ4n) is 1.73. The molecule has 0 aliphatic heterocycles. The fraction of sp³-hybridized carbons (Fsp3) is 0.333. The lowest BCUT2D eigenvalue weighted by atomic mass is 10.2. The van der Waals surface area contributed by atoms with Crippen molar-refractivity contribution in [3.05, 3.63) is 52.2 Å². The van der Waals surface area contributed by atoms with E-state index >= 15 is 0 Å². The Balaban J connectivity index is 1.87. The number of hydrogen-bond acceptors (Lipinski definition) is 4. The first-order valence-corrected chi connectivity index (χ1v) is 7.04. The Morgan fingerprint density at radius 1 is 1.21 bits per heavy atom. The van der Waals surface area contributed by atoms with E-state index in [4.69, 9.17) is 9.47 Å². The standard InChI is InChI=1S/C15H18O3S/c1-11(15(16)14-4-3-9-19-14)18-10-12-5-7-13(17-2)8-6-12/h3-9,11,15-16H,10H2,1-2H3/t11-,15-/m0/s1. The maximum atomic E-state index is 10.1. The van der Waals surface area contributed by atoms with Crippen LogP contribution in [0.2, 0.25) is 0 Å². The molecule has 1 aromatic heterocycles. The number of benzene rings is 1. The molecule has 0 bridgehead atoms. The van der Waals surface area contributed by atoms with Crippen LogP contribution < -0.4 is 4.74 Å². The zero-order valence-corrected chi connectivity index (χ0v) is 11.9. The van der Waals surface area contributed by atoms with Crippen LogP contribution in [0.4, 0.5) is 0 Å². The molecule has 102 valence electrons. The maximum Gasteiger partial charge on any atom is 0.118 e. The van der Waals surface area contributed by atoms with Crippen molar-refractivity contribution in [2.24, 2.45) is 0 Å². The second-order valence-corrected chi connectivity index (χ2v) is 5.30. The van der Waals surface area contributed by atoms with Gasteiger partial charge >= 0.3 is 0 Å². The van der Waals surface area contributed by atoms with Crippen molar-refractivity contribution >= 4 is 11.3 Å². The SMILES string of the molecule is COc1ccc(CO[C@@H](C)[C@H](O)c2cccs2)cc1. The third-order valence-electron chi connectivity index (χ3n) is 2.95. The molecule has 0 spiro atoms. The summed E-state index contributed by atoms with van der Waals surface area (Å²) in [4.78, 5) is 0.933. The highest BCUT2D eigenvalue weighted by Gasteiger charge is 2.17. The Labute approximate surface area is 117 Å². The zero-order chi connectivity index (χ0) is 13.7. The Hall–Kier alpha value is -1.36. The summed E-state index contributed by atoms with van der Waals surface area (Å²) >= 11 is 1.54. The monoisotopic (exact) mass is 278 g/mol. The van der Waals surface area contributed by atoms with Crippen LogP contribution in [0.25, 0.3) is 0 Å². The molecule has 0 saturated carbocycles. The molecule has 3 nitrogen and oxygen atoms in total. The molecular formula is C15H18O3S. The van der Waals surface area contributed by atoms with Gasteiger partial charge in [0.15, 0.2) is 0 Å². The Bertz CT molecular complexity index is 479. The Morgan fingerprint density at radius 2 is 1.95 bits per heavy atom. The smallest absolute Gasteiger partial charge is 0.118 e. The van der Waals surface area contributed by atoms with Crippen LogP contribution in [0, 0.1) is 0 Å². The van der Waals surface area contributed by atoms with Crippen molar-refractivity contribution in [1.29, 1.82) is 0 Å². The van der Waals surface area contributed by atoms with Crippen molar-refractivity contribution in [2.75, 3.05) is 7.11 Å². The van der Waals surface area contributed by atoms with Crippen LogP contribution in [0.5, 0.6) is 5.75 Å². The van der Waals surface area contributed by atoms with Crippen LogP contribution in [-0.2, 0) is 11.3 Å². The van der Waals surface area contributed by atoms with E-state index in [-0.39, 0.29) is 6.10 Å². The molecular weight excluding hydrogens is 260 g/mol. The summed E-state index contributed by atoms with van der Waals surface area (Å²) < 4.78 is 10.8. The number of thiophene rings is 1. The van der Waals surface area contributed by atoms with Gasteiger partial charge in [0.25, 0.3) is 0 Å². The summed E-state index contributed by atoms with van der Waals surface area (Å²) in [6.07, 6.45) is -0.806. The minimum Gasteiger partial charge on any atom is -0.497 e. The number of aliphatic hydroxyl groups is 1. The van der Waals surface area contributed by atoms with Gasteiger partial charge in [0, 0.05) is 4.88 Å². The molecule has 0 radical (unpaired) electrons. The van der Waals surface area contributed by atoms with E-state index < -0.39 is 6.10 Å². The number of ether oxygens (including phenoxy) is 2.